The zero-order valence-corrected chi connectivity index (χ0v) is 8.77. The highest BCUT2D eigenvalue weighted by molar-refractivity contribution is 7.09. The predicted molar refractivity (Wildman–Crippen MR) is 57.1 cm³/mol. The van der Waals surface area contributed by atoms with Crippen molar-refractivity contribution < 1.29 is 0 Å². The topological polar surface area (TPSA) is 38.9 Å². The van der Waals surface area contributed by atoms with Crippen LogP contribution in [0.2, 0.25) is 0 Å². The summed E-state index contributed by atoms with van der Waals surface area (Å²) in [6.07, 6.45) is 0. The summed E-state index contributed by atoms with van der Waals surface area (Å²) < 4.78 is 0. The van der Waals surface area contributed by atoms with Crippen LogP contribution >= 0.6 is 11.3 Å². The summed E-state index contributed by atoms with van der Waals surface area (Å²) in [5, 5.41) is 3.07. The first-order chi connectivity index (χ1) is 6.22. The number of hydrogen-bond acceptors (Lipinski definition) is 3. The lowest BCUT2D eigenvalue weighted by molar-refractivity contribution is 1.07. The van der Waals surface area contributed by atoms with Crippen molar-refractivity contribution in [2.24, 2.45) is 5.73 Å². The normalized spacial score (nSPS) is 9.46. The predicted octanol–water partition coefficient (Wildman–Crippen LogP) is 2.34. The lowest BCUT2D eigenvalue weighted by Gasteiger charge is -1.87. The van der Waals surface area contributed by atoms with Crippen LogP contribution in [0.15, 0.2) is 23.6 Å². The molecule has 2 nitrogen and oxygen atoms in total. The van der Waals surface area contributed by atoms with Gasteiger partial charge >= 0.3 is 0 Å². The van der Waals surface area contributed by atoms with E-state index in [9.17, 15) is 0 Å². The van der Waals surface area contributed by atoms with Crippen LogP contribution in [0.25, 0.3) is 0 Å². The maximum absolute atomic E-state index is 5.56. The Morgan fingerprint density at radius 2 is 2.08 bits per heavy atom. The van der Waals surface area contributed by atoms with Gasteiger partial charge in [-0.2, -0.15) is 0 Å². The van der Waals surface area contributed by atoms with Crippen molar-refractivity contribution in [1.82, 2.24) is 4.98 Å². The molecule has 1 rings (SSSR count). The van der Waals surface area contributed by atoms with Crippen LogP contribution in [-0.4, -0.2) is 4.98 Å². The van der Waals surface area contributed by atoms with Gasteiger partial charge in [0.25, 0.3) is 0 Å². The first-order valence-electron chi connectivity index (χ1n) is 4.18. The summed E-state index contributed by atoms with van der Waals surface area (Å²) in [5.41, 5.74) is 7.69. The molecule has 0 fully saturated rings. The van der Waals surface area contributed by atoms with Crippen molar-refractivity contribution in [3.63, 3.8) is 0 Å². The molecule has 3 heteroatoms. The Morgan fingerprint density at radius 3 is 2.77 bits per heavy atom. The summed E-state index contributed by atoms with van der Waals surface area (Å²) in [7, 11) is 0. The molecule has 0 saturated heterocycles. The fourth-order valence-electron chi connectivity index (χ4n) is 0.951. The van der Waals surface area contributed by atoms with E-state index in [4.69, 9.17) is 5.73 Å². The standard InChI is InChI=1S/C10H14N2S/c1-8-3-4-10(7-11)5-6-13-9(2)12-8/h3-6H,7,11H2,1-2H3. The third-order valence-electron chi connectivity index (χ3n) is 1.63. The average Bonchev–Trinajstić information content (AvgIpc) is 2.16. The van der Waals surface area contributed by atoms with E-state index in [0.29, 0.717) is 6.54 Å². The van der Waals surface area contributed by atoms with E-state index in [0.717, 1.165) is 16.3 Å². The van der Waals surface area contributed by atoms with Gasteiger partial charge in [-0.3, -0.25) is 0 Å². The summed E-state index contributed by atoms with van der Waals surface area (Å²) in [6.45, 7) is 4.56. The minimum atomic E-state index is 0.569. The molecule has 0 bridgehead atoms. The van der Waals surface area contributed by atoms with Crippen molar-refractivity contribution in [2.45, 2.75) is 20.4 Å². The number of aryl methyl sites for hydroxylation is 2. The molecule has 1 heterocycles. The van der Waals surface area contributed by atoms with Gasteiger partial charge in [-0.15, -0.1) is 11.3 Å². The Labute approximate surface area is 82.8 Å². The number of aromatic nitrogens is 1. The molecule has 1 aromatic heterocycles. The molecule has 0 atom stereocenters. The minimum Gasteiger partial charge on any atom is -0.326 e. The fourth-order valence-corrected chi connectivity index (χ4v) is 1.59. The largest absolute Gasteiger partial charge is 0.326 e. The lowest BCUT2D eigenvalue weighted by Crippen LogP contribution is -1.93. The lowest BCUT2D eigenvalue weighted by atomic mass is 10.3. The van der Waals surface area contributed by atoms with Crippen molar-refractivity contribution in [1.29, 1.82) is 0 Å². The van der Waals surface area contributed by atoms with E-state index < -0.39 is 0 Å². The highest BCUT2D eigenvalue weighted by Crippen LogP contribution is 2.02. The van der Waals surface area contributed by atoms with E-state index >= 15 is 0 Å². The number of hydrogen-bond donors (Lipinski definition) is 1. The van der Waals surface area contributed by atoms with Crippen LogP contribution in [0.4, 0.5) is 0 Å². The molecular formula is C10H14N2S. The summed E-state index contributed by atoms with van der Waals surface area (Å²) in [6, 6.07) is 6.02. The molecular weight excluding hydrogens is 180 g/mol. The second-order valence-electron chi connectivity index (χ2n) is 2.81. The number of nitrogens with zero attached hydrogens (tertiary/aromatic N) is 1. The minimum absolute atomic E-state index is 0.569. The van der Waals surface area contributed by atoms with Crippen LogP contribution in [0.3, 0.4) is 0 Å². The van der Waals surface area contributed by atoms with Gasteiger partial charge in [-0.05, 0) is 36.9 Å². The zero-order chi connectivity index (χ0) is 9.68. The maximum atomic E-state index is 5.56. The monoisotopic (exact) mass is 194 g/mol. The summed E-state index contributed by atoms with van der Waals surface area (Å²) in [4.78, 5) is 4.37. The first kappa shape index (κ1) is 10.2. The molecule has 0 amide bonds. The van der Waals surface area contributed by atoms with Gasteiger partial charge in [-0.25, -0.2) is 4.98 Å². The quantitative estimate of drug-likeness (QED) is 0.745. The third-order valence-corrected chi connectivity index (χ3v) is 2.33. The van der Waals surface area contributed by atoms with E-state index in [1.165, 1.54) is 0 Å². The van der Waals surface area contributed by atoms with Gasteiger partial charge in [0.2, 0.25) is 0 Å². The summed E-state index contributed by atoms with van der Waals surface area (Å²) >= 11 is 1.62. The van der Waals surface area contributed by atoms with Gasteiger partial charge in [0, 0.05) is 12.2 Å². The molecule has 0 aliphatic carbocycles. The number of rotatable bonds is 1. The maximum Gasteiger partial charge on any atom is 0.0896 e. The van der Waals surface area contributed by atoms with Crippen LogP contribution in [-0.2, 0) is 6.54 Å². The van der Waals surface area contributed by atoms with Crippen LogP contribution in [0.5, 0.6) is 0 Å². The third kappa shape index (κ3) is 3.53. The Bertz CT molecular complexity index is 330. The molecule has 0 saturated carbocycles. The molecule has 0 aromatic carbocycles. The van der Waals surface area contributed by atoms with Gasteiger partial charge in [0.15, 0.2) is 0 Å². The molecule has 70 valence electrons. The van der Waals surface area contributed by atoms with Gasteiger partial charge < -0.3 is 5.73 Å². The van der Waals surface area contributed by atoms with Crippen LogP contribution < -0.4 is 5.73 Å². The van der Waals surface area contributed by atoms with Gasteiger partial charge in [0.1, 0.15) is 0 Å². The average molecular weight is 194 g/mol. The molecule has 1 aromatic rings. The molecule has 0 radical (unpaired) electrons. The fraction of sp³-hybridized carbons (Fsp3) is 0.300. The Kier molecular flexibility index (Phi) is 3.86. The van der Waals surface area contributed by atoms with Crippen molar-refractivity contribution >= 4 is 11.3 Å². The Balaban J connectivity index is 3.27. The Hall–Kier alpha value is -0.930. The van der Waals surface area contributed by atoms with Crippen LogP contribution in [0.1, 0.15) is 16.3 Å². The second-order valence-corrected chi connectivity index (χ2v) is 3.90. The highest BCUT2D eigenvalue weighted by Gasteiger charge is 1.85. The molecule has 0 spiro atoms. The second kappa shape index (κ2) is 4.94. The number of nitrogens with two attached hydrogens (primary N) is 1. The van der Waals surface area contributed by atoms with E-state index in [1.807, 2.05) is 37.4 Å². The summed E-state index contributed by atoms with van der Waals surface area (Å²) in [5.74, 6) is 0. The van der Waals surface area contributed by atoms with Crippen LogP contribution in [0, 0.1) is 13.8 Å². The smallest absolute Gasteiger partial charge is 0.0896 e. The molecule has 0 unspecified atom stereocenters. The SMILES string of the molecule is Cc1ccc(CN)ccsc(C)n1. The molecule has 0 aliphatic rings. The van der Waals surface area contributed by atoms with Crippen molar-refractivity contribution in [3.8, 4) is 0 Å². The molecule has 13 heavy (non-hydrogen) atoms. The highest BCUT2D eigenvalue weighted by atomic mass is 32.1. The van der Waals surface area contributed by atoms with Gasteiger partial charge in [-0.1, -0.05) is 6.07 Å². The van der Waals surface area contributed by atoms with E-state index in [-0.39, 0.29) is 0 Å². The van der Waals surface area contributed by atoms with Crippen molar-refractivity contribution in [3.05, 3.63) is 39.8 Å². The first-order valence-corrected chi connectivity index (χ1v) is 5.06. The molecule has 0 aliphatic heterocycles. The van der Waals surface area contributed by atoms with Gasteiger partial charge in [0.05, 0.1) is 5.01 Å². The zero-order valence-electron chi connectivity index (χ0n) is 7.95. The van der Waals surface area contributed by atoms with Crippen molar-refractivity contribution in [2.75, 3.05) is 0 Å². The van der Waals surface area contributed by atoms with E-state index in [2.05, 4.69) is 4.98 Å². The van der Waals surface area contributed by atoms with E-state index in [1.54, 1.807) is 11.3 Å². The molecule has 2 N–H and O–H groups in total. The Morgan fingerprint density at radius 1 is 1.31 bits per heavy atom.